The lowest BCUT2D eigenvalue weighted by molar-refractivity contribution is -0.137. The van der Waals surface area contributed by atoms with Gasteiger partial charge in [-0.3, -0.25) is 9.69 Å². The number of amides is 1. The standard InChI is InChI=1S/C22H28N2O4/c1-4-14-11-24-13-22(18-7-5-6-8-19(18)23-21(22)26)10-15(24)9-16(14)17(12-27-2)20(25)28-3/h5-8,12,14-16H,4,9-11,13H2,1-3H3,(H,23,26). The number of piperidine rings is 1. The van der Waals surface area contributed by atoms with Crippen LogP contribution >= 0.6 is 0 Å². The summed E-state index contributed by atoms with van der Waals surface area (Å²) in [5, 5.41) is 3.08. The van der Waals surface area contributed by atoms with Crippen LogP contribution in [0.25, 0.3) is 0 Å². The zero-order chi connectivity index (χ0) is 19.9. The van der Waals surface area contributed by atoms with Crippen LogP contribution in [0.4, 0.5) is 5.69 Å². The number of carbonyl (C=O) groups excluding carboxylic acids is 2. The number of ether oxygens (including phenoxy) is 2. The van der Waals surface area contributed by atoms with Crippen molar-refractivity contribution in [1.82, 2.24) is 4.90 Å². The van der Waals surface area contributed by atoms with Crippen molar-refractivity contribution in [2.75, 3.05) is 32.6 Å². The lowest BCUT2D eigenvalue weighted by Gasteiger charge is -2.40. The van der Waals surface area contributed by atoms with Gasteiger partial charge in [0.05, 0.1) is 31.5 Å². The molecule has 3 heterocycles. The van der Waals surface area contributed by atoms with E-state index in [0.29, 0.717) is 11.5 Å². The molecule has 6 heteroatoms. The molecule has 0 aliphatic carbocycles. The minimum absolute atomic E-state index is 0.0773. The third-order valence-corrected chi connectivity index (χ3v) is 6.85. The molecule has 1 spiro atoms. The molecule has 2 fully saturated rings. The lowest BCUT2D eigenvalue weighted by Crippen LogP contribution is -2.45. The van der Waals surface area contributed by atoms with Gasteiger partial charge in [-0.1, -0.05) is 31.5 Å². The molecule has 4 unspecified atom stereocenters. The zero-order valence-corrected chi connectivity index (χ0v) is 16.7. The quantitative estimate of drug-likeness (QED) is 0.491. The summed E-state index contributed by atoms with van der Waals surface area (Å²) in [6.07, 6.45) is 4.11. The van der Waals surface area contributed by atoms with Crippen molar-refractivity contribution >= 4 is 17.6 Å². The average Bonchev–Trinajstić information content (AvgIpc) is 3.22. The molecular weight excluding hydrogens is 356 g/mol. The van der Waals surface area contributed by atoms with Crippen molar-refractivity contribution in [2.45, 2.75) is 37.6 Å². The molecule has 1 N–H and O–H groups in total. The molecule has 28 heavy (non-hydrogen) atoms. The van der Waals surface area contributed by atoms with Gasteiger partial charge in [-0.25, -0.2) is 4.79 Å². The molecule has 3 aliphatic heterocycles. The molecule has 2 saturated heterocycles. The van der Waals surface area contributed by atoms with Gasteiger partial charge in [-0.2, -0.15) is 0 Å². The number of fused-ring (bicyclic) bond motifs is 3. The van der Waals surface area contributed by atoms with E-state index in [0.717, 1.165) is 43.6 Å². The van der Waals surface area contributed by atoms with Crippen molar-refractivity contribution in [1.29, 1.82) is 0 Å². The number of nitrogens with one attached hydrogen (secondary N) is 1. The monoisotopic (exact) mass is 384 g/mol. The number of esters is 1. The number of para-hydroxylation sites is 1. The van der Waals surface area contributed by atoms with Crippen molar-refractivity contribution < 1.29 is 19.1 Å². The molecule has 0 aromatic heterocycles. The largest absolute Gasteiger partial charge is 0.504 e. The predicted octanol–water partition coefficient (Wildman–Crippen LogP) is 2.70. The zero-order valence-electron chi connectivity index (χ0n) is 16.7. The summed E-state index contributed by atoms with van der Waals surface area (Å²) < 4.78 is 10.2. The van der Waals surface area contributed by atoms with E-state index in [4.69, 9.17) is 9.47 Å². The summed E-state index contributed by atoms with van der Waals surface area (Å²) in [5.74, 6) is 0.184. The highest BCUT2D eigenvalue weighted by molar-refractivity contribution is 6.06. The van der Waals surface area contributed by atoms with Crippen LogP contribution in [0.3, 0.4) is 0 Å². The Morgan fingerprint density at radius 2 is 2.14 bits per heavy atom. The Labute approximate surface area is 165 Å². The number of carbonyl (C=O) groups is 2. The number of anilines is 1. The molecule has 0 saturated carbocycles. The fourth-order valence-corrected chi connectivity index (χ4v) is 5.49. The van der Waals surface area contributed by atoms with Gasteiger partial charge in [-0.05, 0) is 36.3 Å². The van der Waals surface area contributed by atoms with Crippen LogP contribution in [0.1, 0.15) is 31.7 Å². The van der Waals surface area contributed by atoms with Gasteiger partial charge in [0.1, 0.15) is 0 Å². The van der Waals surface area contributed by atoms with E-state index in [2.05, 4.69) is 23.2 Å². The Hall–Kier alpha value is -2.34. The summed E-state index contributed by atoms with van der Waals surface area (Å²) in [6, 6.07) is 8.28. The molecule has 1 aromatic carbocycles. The van der Waals surface area contributed by atoms with Gasteiger partial charge in [0.25, 0.3) is 0 Å². The molecule has 150 valence electrons. The molecule has 4 rings (SSSR count). The first-order valence-corrected chi connectivity index (χ1v) is 10.00. The minimum Gasteiger partial charge on any atom is -0.504 e. The van der Waals surface area contributed by atoms with Crippen LogP contribution in [-0.2, 0) is 24.5 Å². The first kappa shape index (κ1) is 19.0. The highest BCUT2D eigenvalue weighted by Gasteiger charge is 2.56. The number of nitrogens with zero attached hydrogens (tertiary/aromatic N) is 1. The molecule has 1 aromatic rings. The third kappa shape index (κ3) is 2.82. The Morgan fingerprint density at radius 3 is 2.86 bits per heavy atom. The van der Waals surface area contributed by atoms with Gasteiger partial charge in [0.2, 0.25) is 5.91 Å². The van der Waals surface area contributed by atoms with Gasteiger partial charge < -0.3 is 14.8 Å². The number of hydrogen-bond donors (Lipinski definition) is 1. The smallest absolute Gasteiger partial charge is 0.337 e. The minimum atomic E-state index is -0.481. The van der Waals surface area contributed by atoms with Crippen LogP contribution in [0, 0.1) is 11.8 Å². The predicted molar refractivity (Wildman–Crippen MR) is 106 cm³/mol. The van der Waals surface area contributed by atoms with Crippen LogP contribution in [-0.4, -0.2) is 50.1 Å². The number of methoxy groups -OCH3 is 2. The molecule has 6 nitrogen and oxygen atoms in total. The van der Waals surface area contributed by atoms with Gasteiger partial charge in [0.15, 0.2) is 0 Å². The highest BCUT2D eigenvalue weighted by atomic mass is 16.5. The van der Waals surface area contributed by atoms with Crippen LogP contribution in [0.2, 0.25) is 0 Å². The van der Waals surface area contributed by atoms with E-state index in [9.17, 15) is 9.59 Å². The van der Waals surface area contributed by atoms with E-state index in [1.54, 1.807) is 7.11 Å². The fraction of sp³-hybridized carbons (Fsp3) is 0.545. The third-order valence-electron chi connectivity index (χ3n) is 6.85. The second-order valence-electron chi connectivity index (χ2n) is 8.18. The molecular formula is C22H28N2O4. The summed E-state index contributed by atoms with van der Waals surface area (Å²) in [7, 11) is 2.97. The van der Waals surface area contributed by atoms with Gasteiger partial charge in [-0.15, -0.1) is 0 Å². The summed E-state index contributed by atoms with van der Waals surface area (Å²) >= 11 is 0. The maximum Gasteiger partial charge on any atom is 0.337 e. The summed E-state index contributed by atoms with van der Waals surface area (Å²) in [4.78, 5) is 27.8. The second-order valence-corrected chi connectivity index (χ2v) is 8.18. The lowest BCUT2D eigenvalue weighted by atomic mass is 9.74. The van der Waals surface area contributed by atoms with Crippen molar-refractivity contribution in [2.24, 2.45) is 11.8 Å². The van der Waals surface area contributed by atoms with E-state index >= 15 is 0 Å². The number of benzene rings is 1. The van der Waals surface area contributed by atoms with Crippen LogP contribution in [0.5, 0.6) is 0 Å². The molecule has 4 atom stereocenters. The highest BCUT2D eigenvalue weighted by Crippen LogP contribution is 2.50. The maximum atomic E-state index is 13.0. The summed E-state index contributed by atoms with van der Waals surface area (Å²) in [5.41, 5.74) is 2.17. The Balaban J connectivity index is 1.64. The number of rotatable bonds is 4. The number of hydrogen-bond acceptors (Lipinski definition) is 5. The normalized spacial score (nSPS) is 32.0. The average molecular weight is 384 g/mol. The van der Waals surface area contributed by atoms with Crippen LogP contribution in [0.15, 0.2) is 36.1 Å². The van der Waals surface area contributed by atoms with E-state index < -0.39 is 5.41 Å². The first-order chi connectivity index (χ1) is 13.5. The van der Waals surface area contributed by atoms with E-state index in [1.165, 1.54) is 13.4 Å². The Kier molecular flexibility index (Phi) is 4.91. The molecule has 0 radical (unpaired) electrons. The molecule has 1 amide bonds. The van der Waals surface area contributed by atoms with Gasteiger partial charge >= 0.3 is 5.97 Å². The fourth-order valence-electron chi connectivity index (χ4n) is 5.49. The van der Waals surface area contributed by atoms with Crippen molar-refractivity contribution in [3.63, 3.8) is 0 Å². The van der Waals surface area contributed by atoms with Crippen LogP contribution < -0.4 is 5.32 Å². The van der Waals surface area contributed by atoms with E-state index in [-0.39, 0.29) is 23.8 Å². The molecule has 3 aliphatic rings. The van der Waals surface area contributed by atoms with Gasteiger partial charge in [0, 0.05) is 24.8 Å². The second kappa shape index (κ2) is 7.24. The summed E-state index contributed by atoms with van der Waals surface area (Å²) in [6.45, 7) is 3.77. The first-order valence-electron chi connectivity index (χ1n) is 10.00. The molecule has 0 bridgehead atoms. The maximum absolute atomic E-state index is 13.0. The Bertz CT molecular complexity index is 821. The Morgan fingerprint density at radius 1 is 1.36 bits per heavy atom. The topological polar surface area (TPSA) is 67.9 Å². The van der Waals surface area contributed by atoms with E-state index in [1.807, 2.05) is 18.2 Å². The van der Waals surface area contributed by atoms with Crippen molar-refractivity contribution in [3.05, 3.63) is 41.7 Å². The SMILES string of the molecule is CCC1CN2CC3(CC2CC1C(=COC)C(=O)OC)C(=O)Nc1ccccc13. The van der Waals surface area contributed by atoms with Crippen molar-refractivity contribution in [3.8, 4) is 0 Å².